The molecule has 1 aliphatic rings. The van der Waals surface area contributed by atoms with Crippen molar-refractivity contribution in [3.8, 4) is 5.75 Å². The summed E-state index contributed by atoms with van der Waals surface area (Å²) in [5.41, 5.74) is 0. The number of halogens is 2. The third-order valence-electron chi connectivity index (χ3n) is 4.43. The van der Waals surface area contributed by atoms with E-state index >= 15 is 0 Å². The highest BCUT2D eigenvalue weighted by Crippen LogP contribution is 2.32. The highest BCUT2D eigenvalue weighted by Gasteiger charge is 2.40. The quantitative estimate of drug-likeness (QED) is 0.724. The average molecular weight is 434 g/mol. The van der Waals surface area contributed by atoms with Gasteiger partial charge in [-0.25, -0.2) is 21.2 Å². The topological polar surface area (TPSA) is 80.8 Å². The first-order valence-electron chi connectivity index (χ1n) is 7.99. The molecule has 0 N–H and O–H groups in total. The van der Waals surface area contributed by atoms with E-state index in [-0.39, 0.29) is 35.1 Å². The summed E-state index contributed by atoms with van der Waals surface area (Å²) in [7, 11) is -6.55. The Morgan fingerprint density at radius 1 is 1.11 bits per heavy atom. The van der Waals surface area contributed by atoms with Gasteiger partial charge in [0.25, 0.3) is 0 Å². The third-order valence-corrected chi connectivity index (χ3v) is 8.76. The molecule has 6 nitrogen and oxygen atoms in total. The van der Waals surface area contributed by atoms with Gasteiger partial charge in [0.2, 0.25) is 10.0 Å². The molecule has 0 radical (unpaired) electrons. The van der Waals surface area contributed by atoms with E-state index < -0.39 is 30.9 Å². The van der Waals surface area contributed by atoms with Gasteiger partial charge in [-0.1, -0.05) is 11.6 Å². The minimum absolute atomic E-state index is 0.000378. The van der Waals surface area contributed by atoms with Crippen molar-refractivity contribution >= 4 is 31.5 Å². The summed E-state index contributed by atoms with van der Waals surface area (Å²) in [4.78, 5) is -0.242. The molecule has 0 bridgehead atoms. The van der Waals surface area contributed by atoms with Crippen molar-refractivity contribution in [1.29, 1.82) is 0 Å². The molecule has 0 spiro atoms. The highest BCUT2D eigenvalue weighted by atomic mass is 35.5. The Balaban J connectivity index is 1.89. The molecule has 1 fully saturated rings. The van der Waals surface area contributed by atoms with Crippen LogP contribution in [0.1, 0.15) is 6.42 Å². The van der Waals surface area contributed by atoms with Crippen molar-refractivity contribution in [3.05, 3.63) is 53.3 Å². The summed E-state index contributed by atoms with van der Waals surface area (Å²) >= 11 is 5.79. The lowest BCUT2D eigenvalue weighted by molar-refractivity contribution is 0.396. The van der Waals surface area contributed by atoms with Crippen LogP contribution in [-0.4, -0.2) is 46.6 Å². The highest BCUT2D eigenvalue weighted by molar-refractivity contribution is 7.92. The molecule has 2 aromatic carbocycles. The van der Waals surface area contributed by atoms with Crippen LogP contribution in [0.2, 0.25) is 5.02 Å². The zero-order valence-corrected chi connectivity index (χ0v) is 16.7. The number of sulfone groups is 1. The van der Waals surface area contributed by atoms with Gasteiger partial charge in [0.15, 0.2) is 9.84 Å². The molecule has 1 saturated heterocycles. The molecule has 1 heterocycles. The fourth-order valence-corrected chi connectivity index (χ4v) is 6.56. The normalized spacial score (nSPS) is 18.6. The van der Waals surface area contributed by atoms with E-state index in [0.29, 0.717) is 5.02 Å². The largest absolute Gasteiger partial charge is 0.495 e. The number of hydrogen-bond acceptors (Lipinski definition) is 5. The van der Waals surface area contributed by atoms with Crippen molar-refractivity contribution in [1.82, 2.24) is 4.31 Å². The first kappa shape index (κ1) is 20.1. The lowest BCUT2D eigenvalue weighted by Crippen LogP contribution is -2.32. The molecule has 3 rings (SSSR count). The van der Waals surface area contributed by atoms with Crippen LogP contribution in [-0.2, 0) is 19.9 Å². The monoisotopic (exact) mass is 433 g/mol. The fourth-order valence-electron chi connectivity index (χ4n) is 2.98. The second-order valence-corrected chi connectivity index (χ2v) is 10.6. The second kappa shape index (κ2) is 7.38. The van der Waals surface area contributed by atoms with Crippen LogP contribution >= 0.6 is 11.6 Å². The molecule has 0 saturated carbocycles. The Morgan fingerprint density at radius 2 is 1.78 bits per heavy atom. The molecule has 27 heavy (non-hydrogen) atoms. The third kappa shape index (κ3) is 3.82. The summed E-state index contributed by atoms with van der Waals surface area (Å²) < 4.78 is 71.0. The summed E-state index contributed by atoms with van der Waals surface area (Å²) in [6.45, 7) is -0.202. The first-order valence-corrected chi connectivity index (χ1v) is 11.4. The molecule has 1 atom stereocenters. The van der Waals surface area contributed by atoms with E-state index in [4.69, 9.17) is 16.3 Å². The lowest BCUT2D eigenvalue weighted by atomic mass is 10.3. The number of nitrogens with zero attached hydrogens (tertiary/aromatic N) is 1. The van der Waals surface area contributed by atoms with Gasteiger partial charge in [-0.05, 0) is 48.9 Å². The molecular weight excluding hydrogens is 417 g/mol. The van der Waals surface area contributed by atoms with E-state index in [9.17, 15) is 21.2 Å². The minimum Gasteiger partial charge on any atom is -0.495 e. The predicted octanol–water partition coefficient (Wildman–Crippen LogP) is 2.72. The number of sulfonamides is 1. The second-order valence-electron chi connectivity index (χ2n) is 6.07. The molecule has 2 aromatic rings. The van der Waals surface area contributed by atoms with Gasteiger partial charge < -0.3 is 4.74 Å². The fraction of sp³-hybridized carbons (Fsp3) is 0.294. The van der Waals surface area contributed by atoms with Gasteiger partial charge in [0.1, 0.15) is 16.5 Å². The van der Waals surface area contributed by atoms with Crippen LogP contribution in [0.15, 0.2) is 52.3 Å². The molecule has 1 aliphatic heterocycles. The maximum atomic E-state index is 13.6. The zero-order valence-electron chi connectivity index (χ0n) is 14.3. The number of benzene rings is 2. The summed E-state index contributed by atoms with van der Waals surface area (Å²) in [5.74, 6) is -0.723. The lowest BCUT2D eigenvalue weighted by Gasteiger charge is -2.18. The van der Waals surface area contributed by atoms with E-state index in [1.807, 2.05) is 0 Å². The Bertz CT molecular complexity index is 1060. The van der Waals surface area contributed by atoms with Crippen LogP contribution in [0, 0.1) is 5.82 Å². The van der Waals surface area contributed by atoms with Crippen molar-refractivity contribution in [2.24, 2.45) is 0 Å². The average Bonchev–Trinajstić information content (AvgIpc) is 3.14. The SMILES string of the molecule is COc1ccc(F)cc1S(=O)(=O)N1CCC(S(=O)(=O)c2ccc(Cl)cc2)C1. The molecular formula is C17H17ClFNO5S2. The van der Waals surface area contributed by atoms with Crippen molar-refractivity contribution in [2.45, 2.75) is 21.5 Å². The van der Waals surface area contributed by atoms with Gasteiger partial charge in [0.05, 0.1) is 17.3 Å². The van der Waals surface area contributed by atoms with Crippen molar-refractivity contribution in [2.75, 3.05) is 20.2 Å². The van der Waals surface area contributed by atoms with Crippen molar-refractivity contribution in [3.63, 3.8) is 0 Å². The van der Waals surface area contributed by atoms with Crippen LogP contribution < -0.4 is 4.74 Å². The van der Waals surface area contributed by atoms with Crippen molar-refractivity contribution < 1.29 is 26.0 Å². The smallest absolute Gasteiger partial charge is 0.246 e. The number of rotatable bonds is 5. The van der Waals surface area contributed by atoms with Crippen LogP contribution in [0.3, 0.4) is 0 Å². The molecule has 146 valence electrons. The van der Waals surface area contributed by atoms with Gasteiger partial charge in [-0.2, -0.15) is 4.31 Å². The van der Waals surface area contributed by atoms with E-state index in [1.54, 1.807) is 0 Å². The van der Waals surface area contributed by atoms with E-state index in [0.717, 1.165) is 16.4 Å². The van der Waals surface area contributed by atoms with E-state index in [1.165, 1.54) is 37.4 Å². The van der Waals surface area contributed by atoms with Gasteiger partial charge >= 0.3 is 0 Å². The summed E-state index contributed by atoms with van der Waals surface area (Å²) in [6, 6.07) is 8.91. The maximum Gasteiger partial charge on any atom is 0.246 e. The zero-order chi connectivity index (χ0) is 19.8. The molecule has 0 aliphatic carbocycles. The molecule has 0 amide bonds. The minimum atomic E-state index is -4.10. The molecule has 1 unspecified atom stereocenters. The van der Waals surface area contributed by atoms with Crippen LogP contribution in [0.4, 0.5) is 4.39 Å². The molecule has 10 heteroatoms. The maximum absolute atomic E-state index is 13.6. The van der Waals surface area contributed by atoms with Crippen LogP contribution in [0.25, 0.3) is 0 Å². The number of methoxy groups -OCH3 is 1. The van der Waals surface area contributed by atoms with Gasteiger partial charge in [-0.3, -0.25) is 0 Å². The Morgan fingerprint density at radius 3 is 2.41 bits per heavy atom. The standard InChI is InChI=1S/C17H17ClFNO5S2/c1-25-16-7-4-13(19)10-17(16)27(23,24)20-9-8-15(11-20)26(21,22)14-5-2-12(18)3-6-14/h2-7,10,15H,8-9,11H2,1H3. The molecule has 0 aromatic heterocycles. The summed E-state index contributed by atoms with van der Waals surface area (Å²) in [6.07, 6.45) is 0.141. The number of hydrogen-bond donors (Lipinski definition) is 0. The van der Waals surface area contributed by atoms with Gasteiger partial charge in [0, 0.05) is 18.1 Å². The summed E-state index contributed by atoms with van der Waals surface area (Å²) in [5, 5.41) is -0.490. The van der Waals surface area contributed by atoms with E-state index in [2.05, 4.69) is 0 Å². The Labute approximate surface area is 162 Å². The van der Waals surface area contributed by atoms with Crippen LogP contribution in [0.5, 0.6) is 5.75 Å². The van der Waals surface area contributed by atoms with Gasteiger partial charge in [-0.15, -0.1) is 0 Å². The predicted molar refractivity (Wildman–Crippen MR) is 98.8 cm³/mol. The Kier molecular flexibility index (Phi) is 5.49. The number of ether oxygens (including phenoxy) is 1. The first-order chi connectivity index (χ1) is 12.7. The Hall–Kier alpha value is -1.68.